The molecule has 5 rings (SSSR count). The SMILES string of the molecule is CCOc1cc(OC2CCN(C)CC2)ccc1Nc1ncc(Cl)c(Nc2ccccc2CC2CCCCC2)n1. The summed E-state index contributed by atoms with van der Waals surface area (Å²) in [6.07, 6.45) is 11.6. The third-order valence-electron chi connectivity index (χ3n) is 7.72. The van der Waals surface area contributed by atoms with Gasteiger partial charge in [-0.2, -0.15) is 4.98 Å². The van der Waals surface area contributed by atoms with Crippen LogP contribution in [-0.4, -0.2) is 47.7 Å². The van der Waals surface area contributed by atoms with E-state index in [-0.39, 0.29) is 6.10 Å². The van der Waals surface area contributed by atoms with Crippen molar-refractivity contribution in [3.63, 3.8) is 0 Å². The lowest BCUT2D eigenvalue weighted by Crippen LogP contribution is -2.35. The van der Waals surface area contributed by atoms with Gasteiger partial charge in [-0.15, -0.1) is 0 Å². The highest BCUT2D eigenvalue weighted by atomic mass is 35.5. The summed E-state index contributed by atoms with van der Waals surface area (Å²) < 4.78 is 12.2. The molecule has 0 bridgehead atoms. The van der Waals surface area contributed by atoms with E-state index in [1.807, 2.05) is 31.2 Å². The van der Waals surface area contributed by atoms with Crippen LogP contribution < -0.4 is 20.1 Å². The molecule has 2 heterocycles. The Kier molecular flexibility index (Phi) is 9.43. The first-order chi connectivity index (χ1) is 19.1. The maximum absolute atomic E-state index is 6.54. The molecule has 208 valence electrons. The Hall–Kier alpha value is -3.03. The van der Waals surface area contributed by atoms with E-state index < -0.39 is 0 Å². The van der Waals surface area contributed by atoms with Crippen LogP contribution >= 0.6 is 11.6 Å². The summed E-state index contributed by atoms with van der Waals surface area (Å²) in [5, 5.41) is 7.27. The maximum atomic E-state index is 6.54. The number of piperidine rings is 1. The van der Waals surface area contributed by atoms with Crippen molar-refractivity contribution >= 4 is 34.7 Å². The smallest absolute Gasteiger partial charge is 0.229 e. The molecule has 0 radical (unpaired) electrons. The Morgan fingerprint density at radius 3 is 2.56 bits per heavy atom. The molecule has 0 spiro atoms. The molecule has 2 fully saturated rings. The van der Waals surface area contributed by atoms with Gasteiger partial charge in [0.1, 0.15) is 22.6 Å². The van der Waals surface area contributed by atoms with Crippen LogP contribution in [0, 0.1) is 5.92 Å². The van der Waals surface area contributed by atoms with Crippen LogP contribution in [0.3, 0.4) is 0 Å². The number of rotatable bonds is 10. The summed E-state index contributed by atoms with van der Waals surface area (Å²) in [7, 11) is 2.15. The topological polar surface area (TPSA) is 71.5 Å². The van der Waals surface area contributed by atoms with Gasteiger partial charge >= 0.3 is 0 Å². The second kappa shape index (κ2) is 13.4. The molecule has 1 saturated heterocycles. The number of para-hydroxylation sites is 1. The first-order valence-corrected chi connectivity index (χ1v) is 14.7. The van der Waals surface area contributed by atoms with E-state index in [1.54, 1.807) is 6.20 Å². The third-order valence-corrected chi connectivity index (χ3v) is 7.99. The molecule has 0 atom stereocenters. The van der Waals surface area contributed by atoms with Crippen molar-refractivity contribution in [3.8, 4) is 11.5 Å². The summed E-state index contributed by atoms with van der Waals surface area (Å²) in [5.41, 5.74) is 3.12. The van der Waals surface area contributed by atoms with Gasteiger partial charge in [-0.05, 0) is 62.9 Å². The monoisotopic (exact) mass is 549 g/mol. The van der Waals surface area contributed by atoms with Crippen LogP contribution in [0.15, 0.2) is 48.7 Å². The number of nitrogens with zero attached hydrogens (tertiary/aromatic N) is 3. The predicted molar refractivity (Wildman–Crippen MR) is 159 cm³/mol. The fourth-order valence-corrected chi connectivity index (χ4v) is 5.67. The van der Waals surface area contributed by atoms with Crippen molar-refractivity contribution in [2.45, 2.75) is 64.4 Å². The van der Waals surface area contributed by atoms with Crippen molar-refractivity contribution in [1.82, 2.24) is 14.9 Å². The average molecular weight is 550 g/mol. The molecular formula is C31H40ClN5O2. The van der Waals surface area contributed by atoms with E-state index >= 15 is 0 Å². The highest BCUT2D eigenvalue weighted by molar-refractivity contribution is 6.32. The zero-order chi connectivity index (χ0) is 27.0. The van der Waals surface area contributed by atoms with Crippen LogP contribution in [0.25, 0.3) is 0 Å². The Morgan fingerprint density at radius 1 is 0.974 bits per heavy atom. The van der Waals surface area contributed by atoms with Crippen molar-refractivity contribution in [1.29, 1.82) is 0 Å². The van der Waals surface area contributed by atoms with E-state index in [4.69, 9.17) is 26.1 Å². The third kappa shape index (κ3) is 7.55. The molecule has 1 saturated carbocycles. The molecule has 39 heavy (non-hydrogen) atoms. The largest absolute Gasteiger partial charge is 0.492 e. The van der Waals surface area contributed by atoms with Crippen molar-refractivity contribution in [3.05, 3.63) is 59.2 Å². The zero-order valence-electron chi connectivity index (χ0n) is 23.1. The van der Waals surface area contributed by atoms with Crippen LogP contribution in [-0.2, 0) is 6.42 Å². The van der Waals surface area contributed by atoms with Crippen molar-refractivity contribution in [2.24, 2.45) is 5.92 Å². The van der Waals surface area contributed by atoms with Gasteiger partial charge in [-0.3, -0.25) is 0 Å². The highest BCUT2D eigenvalue weighted by Gasteiger charge is 2.20. The van der Waals surface area contributed by atoms with Crippen LogP contribution in [0.1, 0.15) is 57.4 Å². The lowest BCUT2D eigenvalue weighted by atomic mass is 9.84. The van der Waals surface area contributed by atoms with Gasteiger partial charge in [0.2, 0.25) is 5.95 Å². The molecule has 3 aromatic rings. The van der Waals surface area contributed by atoms with Crippen LogP contribution in [0.2, 0.25) is 5.02 Å². The number of hydrogen-bond donors (Lipinski definition) is 2. The lowest BCUT2D eigenvalue weighted by molar-refractivity contribution is 0.114. The van der Waals surface area contributed by atoms with E-state index in [1.165, 1.54) is 37.7 Å². The Balaban J connectivity index is 1.30. The van der Waals surface area contributed by atoms with Gasteiger partial charge in [-0.25, -0.2) is 4.98 Å². The minimum absolute atomic E-state index is 0.226. The minimum atomic E-state index is 0.226. The molecule has 2 aliphatic rings. The molecule has 0 amide bonds. The fourth-order valence-electron chi connectivity index (χ4n) is 5.53. The van der Waals surface area contributed by atoms with E-state index in [2.05, 4.69) is 45.8 Å². The maximum Gasteiger partial charge on any atom is 0.229 e. The standard InChI is InChI=1S/C31H40ClN5O2/c1-3-38-29-20-25(39-24-15-17-37(2)18-16-24)13-14-28(29)35-31-33-21-26(32)30(36-31)34-27-12-8-7-11-23(27)19-22-9-5-4-6-10-22/h7-8,11-14,20-22,24H,3-6,9-10,15-19H2,1-2H3,(H2,33,34,35,36). The normalized spacial score (nSPS) is 17.1. The van der Waals surface area contributed by atoms with Crippen LogP contribution in [0.5, 0.6) is 11.5 Å². The summed E-state index contributed by atoms with van der Waals surface area (Å²) in [6.45, 7) is 4.62. The van der Waals surface area contributed by atoms with Gasteiger partial charge in [0.15, 0.2) is 5.82 Å². The fraction of sp³-hybridized carbons (Fsp3) is 0.484. The minimum Gasteiger partial charge on any atom is -0.492 e. The summed E-state index contributed by atoms with van der Waals surface area (Å²) in [6, 6.07) is 14.3. The van der Waals surface area contributed by atoms with E-state index in [0.717, 1.165) is 55.4 Å². The number of aromatic nitrogens is 2. The zero-order valence-corrected chi connectivity index (χ0v) is 23.8. The van der Waals surface area contributed by atoms with Crippen molar-refractivity contribution < 1.29 is 9.47 Å². The van der Waals surface area contributed by atoms with Gasteiger partial charge in [0.05, 0.1) is 18.5 Å². The first kappa shape index (κ1) is 27.5. The van der Waals surface area contributed by atoms with Gasteiger partial charge in [-0.1, -0.05) is 61.9 Å². The number of ether oxygens (including phenoxy) is 2. The van der Waals surface area contributed by atoms with Gasteiger partial charge in [0, 0.05) is 24.8 Å². The van der Waals surface area contributed by atoms with Crippen molar-refractivity contribution in [2.75, 3.05) is 37.4 Å². The molecule has 2 aromatic carbocycles. The Morgan fingerprint density at radius 2 is 1.77 bits per heavy atom. The average Bonchev–Trinajstić information content (AvgIpc) is 2.95. The van der Waals surface area contributed by atoms with E-state index in [9.17, 15) is 0 Å². The molecule has 1 aliphatic heterocycles. The second-order valence-corrected chi connectivity index (χ2v) is 11.1. The van der Waals surface area contributed by atoms with Crippen LogP contribution in [0.4, 0.5) is 23.1 Å². The molecule has 7 nitrogen and oxygen atoms in total. The second-order valence-electron chi connectivity index (χ2n) is 10.7. The first-order valence-electron chi connectivity index (χ1n) is 14.3. The summed E-state index contributed by atoms with van der Waals surface area (Å²) in [4.78, 5) is 11.5. The predicted octanol–water partition coefficient (Wildman–Crippen LogP) is 7.61. The quantitative estimate of drug-likeness (QED) is 0.269. The molecule has 1 aliphatic carbocycles. The Bertz CT molecular complexity index is 1230. The summed E-state index contributed by atoms with van der Waals surface area (Å²) >= 11 is 6.54. The number of benzene rings is 2. The number of halogens is 1. The Labute approximate surface area is 237 Å². The number of hydrogen-bond acceptors (Lipinski definition) is 7. The highest BCUT2D eigenvalue weighted by Crippen LogP contribution is 2.34. The number of likely N-dealkylation sites (tertiary alicyclic amines) is 1. The molecule has 8 heteroatoms. The molecule has 0 unspecified atom stereocenters. The molecule has 1 aromatic heterocycles. The van der Waals surface area contributed by atoms with E-state index in [0.29, 0.717) is 29.1 Å². The summed E-state index contributed by atoms with van der Waals surface area (Å²) in [5.74, 6) is 3.27. The number of nitrogens with one attached hydrogen (secondary N) is 2. The molecular weight excluding hydrogens is 510 g/mol. The lowest BCUT2D eigenvalue weighted by Gasteiger charge is -2.29. The van der Waals surface area contributed by atoms with Gasteiger partial charge < -0.3 is 25.0 Å². The molecule has 2 N–H and O–H groups in total. The number of anilines is 4. The van der Waals surface area contributed by atoms with Gasteiger partial charge in [0.25, 0.3) is 0 Å².